The van der Waals surface area contributed by atoms with E-state index in [4.69, 9.17) is 32.9 Å². The summed E-state index contributed by atoms with van der Waals surface area (Å²) in [5.74, 6) is 0.483. The smallest absolute Gasteiger partial charge is 0.291 e. The number of piperidine rings is 1. The van der Waals surface area contributed by atoms with Crippen molar-refractivity contribution in [1.29, 1.82) is 0 Å². The maximum absolute atomic E-state index is 13.5. The highest BCUT2D eigenvalue weighted by molar-refractivity contribution is 6.39. The summed E-state index contributed by atoms with van der Waals surface area (Å²) in [5.41, 5.74) is 5.37. The van der Waals surface area contributed by atoms with Gasteiger partial charge in [-0.05, 0) is 37.5 Å². The van der Waals surface area contributed by atoms with Gasteiger partial charge in [-0.25, -0.2) is 9.97 Å². The fourth-order valence-electron chi connectivity index (χ4n) is 6.66. The van der Waals surface area contributed by atoms with E-state index in [-0.39, 0.29) is 23.4 Å². The molecule has 0 spiro atoms. The number of pyridine rings is 2. The van der Waals surface area contributed by atoms with Crippen molar-refractivity contribution in [2.75, 3.05) is 45.3 Å². The normalized spacial score (nSPS) is 15.2. The second-order valence-corrected chi connectivity index (χ2v) is 13.4. The van der Waals surface area contributed by atoms with Gasteiger partial charge in [-0.3, -0.25) is 23.9 Å². The van der Waals surface area contributed by atoms with E-state index in [1.165, 1.54) is 0 Å². The van der Waals surface area contributed by atoms with Crippen molar-refractivity contribution in [3.63, 3.8) is 0 Å². The van der Waals surface area contributed by atoms with Crippen molar-refractivity contribution in [3.05, 3.63) is 75.4 Å². The number of benzene rings is 1. The summed E-state index contributed by atoms with van der Waals surface area (Å²) in [4.78, 5) is 43.1. The number of nitrogens with one attached hydrogen (secondary N) is 2. The number of aromatic nitrogens is 4. The van der Waals surface area contributed by atoms with Crippen LogP contribution in [0.5, 0.6) is 5.88 Å². The SMILES string of the molecule is COc1nc(-c2ccnc(-c3cccc(NC(=O)c4nc5c(n4C)CCN(CCCF)C5)c3Cl)c2Cl)ccc1CNC1CCN(C(C)=O)CC1. The monoisotopic (exact) mass is 722 g/mol. The second-order valence-electron chi connectivity index (χ2n) is 12.6. The van der Waals surface area contributed by atoms with Gasteiger partial charge in [0.2, 0.25) is 11.8 Å². The lowest BCUT2D eigenvalue weighted by atomic mass is 10.0. The maximum atomic E-state index is 13.5. The van der Waals surface area contributed by atoms with Crippen molar-refractivity contribution in [3.8, 4) is 28.4 Å². The third kappa shape index (κ3) is 7.63. The fourth-order valence-corrected chi connectivity index (χ4v) is 7.24. The van der Waals surface area contributed by atoms with E-state index in [0.29, 0.717) is 71.2 Å². The maximum Gasteiger partial charge on any atom is 0.291 e. The van der Waals surface area contributed by atoms with Gasteiger partial charge in [-0.2, -0.15) is 0 Å². The molecule has 0 unspecified atom stereocenters. The van der Waals surface area contributed by atoms with Gasteiger partial charge in [-0.1, -0.05) is 41.4 Å². The minimum absolute atomic E-state index is 0.115. The first-order valence-electron chi connectivity index (χ1n) is 16.8. The lowest BCUT2D eigenvalue weighted by Crippen LogP contribution is -2.44. The molecule has 0 aliphatic carbocycles. The van der Waals surface area contributed by atoms with Crippen molar-refractivity contribution in [1.82, 2.24) is 34.6 Å². The average Bonchev–Trinajstić information content (AvgIpc) is 3.46. The number of hydrogen-bond donors (Lipinski definition) is 2. The molecular weight excluding hydrogens is 682 g/mol. The molecule has 1 saturated heterocycles. The molecule has 2 N–H and O–H groups in total. The number of nitrogens with zero attached hydrogens (tertiary/aromatic N) is 6. The Morgan fingerprint density at radius 2 is 1.84 bits per heavy atom. The molecule has 4 aromatic rings. The largest absolute Gasteiger partial charge is 0.481 e. The van der Waals surface area contributed by atoms with Gasteiger partial charge in [-0.15, -0.1) is 0 Å². The molecule has 0 saturated carbocycles. The Labute approximate surface area is 301 Å². The first-order chi connectivity index (χ1) is 24.2. The van der Waals surface area contributed by atoms with Crippen molar-refractivity contribution in [2.45, 2.75) is 51.7 Å². The van der Waals surface area contributed by atoms with Crippen LogP contribution >= 0.6 is 23.2 Å². The fraction of sp³-hybridized carbons (Fsp3) is 0.417. The molecule has 3 aromatic heterocycles. The molecular formula is C36H41Cl2FN8O3. The van der Waals surface area contributed by atoms with E-state index in [1.54, 1.807) is 44.5 Å². The van der Waals surface area contributed by atoms with Crippen LogP contribution < -0.4 is 15.4 Å². The van der Waals surface area contributed by atoms with E-state index < -0.39 is 5.91 Å². The number of imidazole rings is 1. The standard InChI is InChI=1S/C36H41Cl2FN8O3/c1-22(48)47-18-11-24(12-19-47)41-20-23-8-9-27(44-36(23)50-3)25-10-15-40-33(32(25)38)26-6-4-7-28(31(26)37)43-35(49)34-42-29-21-46(16-5-14-39)17-13-30(29)45(34)2/h4,6-10,15,24,41H,5,11-14,16-21H2,1-3H3,(H,43,49). The van der Waals surface area contributed by atoms with Crippen LogP contribution in [0.1, 0.15) is 53.8 Å². The van der Waals surface area contributed by atoms with E-state index >= 15 is 0 Å². The number of carbonyl (C=O) groups is 2. The Balaban J connectivity index is 1.18. The molecule has 5 heterocycles. The van der Waals surface area contributed by atoms with E-state index in [2.05, 4.69) is 25.5 Å². The summed E-state index contributed by atoms with van der Waals surface area (Å²) < 4.78 is 20.2. The van der Waals surface area contributed by atoms with Gasteiger partial charge in [0.25, 0.3) is 5.91 Å². The Morgan fingerprint density at radius 3 is 2.58 bits per heavy atom. The number of hydrogen-bond acceptors (Lipinski definition) is 8. The van der Waals surface area contributed by atoms with Crippen LogP contribution in [-0.2, 0) is 31.4 Å². The van der Waals surface area contributed by atoms with E-state index in [9.17, 15) is 14.0 Å². The molecule has 264 valence electrons. The quantitative estimate of drug-likeness (QED) is 0.196. The lowest BCUT2D eigenvalue weighted by Gasteiger charge is -2.31. The van der Waals surface area contributed by atoms with Gasteiger partial charge >= 0.3 is 0 Å². The van der Waals surface area contributed by atoms with Gasteiger partial charge in [0.05, 0.1) is 46.6 Å². The van der Waals surface area contributed by atoms with Crippen molar-refractivity contribution in [2.24, 2.45) is 7.05 Å². The average molecular weight is 724 g/mol. The zero-order valence-corrected chi connectivity index (χ0v) is 30.0. The highest BCUT2D eigenvalue weighted by atomic mass is 35.5. The predicted octanol–water partition coefficient (Wildman–Crippen LogP) is 5.93. The number of fused-ring (bicyclic) bond motifs is 1. The van der Waals surface area contributed by atoms with Crippen LogP contribution in [0.3, 0.4) is 0 Å². The molecule has 50 heavy (non-hydrogen) atoms. The Hall–Kier alpha value is -4.10. The van der Waals surface area contributed by atoms with Crippen LogP contribution in [-0.4, -0.2) is 87.1 Å². The Kier molecular flexibility index (Phi) is 11.3. The molecule has 2 amide bonds. The molecule has 14 heteroatoms. The number of amides is 2. The van der Waals surface area contributed by atoms with Gasteiger partial charge in [0.15, 0.2) is 5.82 Å². The van der Waals surface area contributed by atoms with Crippen LogP contribution in [0, 0.1) is 0 Å². The van der Waals surface area contributed by atoms with Crippen LogP contribution in [0.15, 0.2) is 42.6 Å². The first kappa shape index (κ1) is 35.7. The number of alkyl halides is 1. The molecule has 11 nitrogen and oxygen atoms in total. The Bertz CT molecular complexity index is 1880. The van der Waals surface area contributed by atoms with Crippen LogP contribution in [0.25, 0.3) is 22.5 Å². The molecule has 6 rings (SSSR count). The van der Waals surface area contributed by atoms with Gasteiger partial charge < -0.3 is 24.8 Å². The minimum Gasteiger partial charge on any atom is -0.481 e. The number of halogens is 3. The molecule has 2 aliphatic rings. The summed E-state index contributed by atoms with van der Waals surface area (Å²) in [7, 11) is 3.42. The summed E-state index contributed by atoms with van der Waals surface area (Å²) in [6.07, 6.45) is 4.64. The summed E-state index contributed by atoms with van der Waals surface area (Å²) in [6.45, 7) is 5.36. The summed E-state index contributed by atoms with van der Waals surface area (Å²) in [5, 5.41) is 7.13. The molecule has 1 fully saturated rings. The molecule has 0 atom stereocenters. The van der Waals surface area contributed by atoms with Crippen LogP contribution in [0.2, 0.25) is 10.0 Å². The number of anilines is 1. The zero-order chi connectivity index (χ0) is 35.4. The zero-order valence-electron chi connectivity index (χ0n) is 28.4. The van der Waals surface area contributed by atoms with Crippen molar-refractivity contribution >= 4 is 40.7 Å². The number of methoxy groups -OCH3 is 1. The van der Waals surface area contributed by atoms with Crippen LogP contribution in [0.4, 0.5) is 10.1 Å². The minimum atomic E-state index is -0.392. The Morgan fingerprint density at radius 1 is 1.04 bits per heavy atom. The highest BCUT2D eigenvalue weighted by Gasteiger charge is 2.26. The second kappa shape index (κ2) is 15.8. The molecule has 1 aromatic carbocycles. The number of carbonyl (C=O) groups excluding carboxylic acids is 2. The molecule has 2 aliphatic heterocycles. The van der Waals surface area contributed by atoms with Gasteiger partial charge in [0, 0.05) is 94.3 Å². The molecule has 0 bridgehead atoms. The summed E-state index contributed by atoms with van der Waals surface area (Å²) in [6, 6.07) is 11.2. The van der Waals surface area contributed by atoms with Crippen molar-refractivity contribution < 1.29 is 18.7 Å². The number of likely N-dealkylation sites (tertiary alicyclic amines) is 1. The first-order valence-corrected chi connectivity index (χ1v) is 17.5. The number of rotatable bonds is 11. The molecule has 0 radical (unpaired) electrons. The van der Waals surface area contributed by atoms with E-state index in [1.807, 2.05) is 28.6 Å². The highest BCUT2D eigenvalue weighted by Crippen LogP contribution is 2.40. The topological polar surface area (TPSA) is 118 Å². The third-order valence-electron chi connectivity index (χ3n) is 9.47. The predicted molar refractivity (Wildman–Crippen MR) is 192 cm³/mol. The lowest BCUT2D eigenvalue weighted by molar-refractivity contribution is -0.129. The third-order valence-corrected chi connectivity index (χ3v) is 10.3. The summed E-state index contributed by atoms with van der Waals surface area (Å²) >= 11 is 13.9. The van der Waals surface area contributed by atoms with E-state index in [0.717, 1.165) is 55.8 Å². The number of ether oxygens (including phenoxy) is 1. The van der Waals surface area contributed by atoms with Gasteiger partial charge in [0.1, 0.15) is 0 Å².